The highest BCUT2D eigenvalue weighted by Crippen LogP contribution is 2.28. The van der Waals surface area contributed by atoms with Crippen molar-refractivity contribution in [3.63, 3.8) is 0 Å². The standard InChI is InChI=1S/C18H27FN4O3/c1-3-15(12-24)20-18(26)21-16-11-14(19)5-6-17(16)23-8-4-7-22(9-10-23)13(2)25/h5-6,11,15,24H,3-4,7-10,12H2,1-2H3,(H2,20,21,26)/t15-/m1/s1. The summed E-state index contributed by atoms with van der Waals surface area (Å²) in [6.07, 6.45) is 1.39. The lowest BCUT2D eigenvalue weighted by Gasteiger charge is -2.26. The SMILES string of the molecule is CC[C@H](CO)NC(=O)Nc1cc(F)ccc1N1CCCN(C(C)=O)CC1. The smallest absolute Gasteiger partial charge is 0.319 e. The van der Waals surface area contributed by atoms with Crippen LogP contribution in [0.4, 0.5) is 20.6 Å². The molecule has 0 radical (unpaired) electrons. The first-order chi connectivity index (χ1) is 12.4. The van der Waals surface area contributed by atoms with Crippen molar-refractivity contribution >= 4 is 23.3 Å². The van der Waals surface area contributed by atoms with E-state index in [2.05, 4.69) is 10.6 Å². The highest BCUT2D eigenvalue weighted by Gasteiger charge is 2.20. The molecule has 0 bridgehead atoms. The number of aliphatic hydroxyl groups is 1. The molecule has 144 valence electrons. The molecule has 1 aromatic rings. The lowest BCUT2D eigenvalue weighted by atomic mass is 10.2. The Labute approximate surface area is 153 Å². The largest absolute Gasteiger partial charge is 0.394 e. The van der Waals surface area contributed by atoms with Crippen LogP contribution >= 0.6 is 0 Å². The molecule has 8 heteroatoms. The fourth-order valence-corrected chi connectivity index (χ4v) is 2.98. The zero-order valence-electron chi connectivity index (χ0n) is 15.3. The summed E-state index contributed by atoms with van der Waals surface area (Å²) in [5.74, 6) is -0.406. The first kappa shape index (κ1) is 20.0. The third-order valence-corrected chi connectivity index (χ3v) is 4.54. The van der Waals surface area contributed by atoms with Crippen LogP contribution in [0.1, 0.15) is 26.7 Å². The maximum atomic E-state index is 13.7. The first-order valence-electron chi connectivity index (χ1n) is 8.93. The zero-order chi connectivity index (χ0) is 19.1. The second-order valence-electron chi connectivity index (χ2n) is 6.39. The van der Waals surface area contributed by atoms with E-state index in [9.17, 15) is 19.1 Å². The third-order valence-electron chi connectivity index (χ3n) is 4.54. The molecule has 0 unspecified atom stereocenters. The van der Waals surface area contributed by atoms with Gasteiger partial charge in [0, 0.05) is 33.1 Å². The van der Waals surface area contributed by atoms with Crippen molar-refractivity contribution in [3.8, 4) is 0 Å². The van der Waals surface area contributed by atoms with E-state index in [0.29, 0.717) is 44.0 Å². The minimum atomic E-state index is -0.488. The number of anilines is 2. The quantitative estimate of drug-likeness (QED) is 0.742. The first-order valence-corrected chi connectivity index (χ1v) is 8.93. The molecule has 1 aromatic carbocycles. The number of nitrogens with one attached hydrogen (secondary N) is 2. The Bertz CT molecular complexity index is 637. The van der Waals surface area contributed by atoms with Crippen LogP contribution in [-0.4, -0.2) is 60.8 Å². The summed E-state index contributed by atoms with van der Waals surface area (Å²) in [7, 11) is 0. The topological polar surface area (TPSA) is 84.9 Å². The van der Waals surface area contributed by atoms with Gasteiger partial charge in [-0.2, -0.15) is 0 Å². The molecular formula is C18H27FN4O3. The maximum absolute atomic E-state index is 13.7. The van der Waals surface area contributed by atoms with E-state index in [1.807, 2.05) is 11.8 Å². The number of amides is 3. The fraction of sp³-hybridized carbons (Fsp3) is 0.556. The summed E-state index contributed by atoms with van der Waals surface area (Å²) in [4.78, 5) is 27.6. The highest BCUT2D eigenvalue weighted by molar-refractivity contribution is 5.93. The van der Waals surface area contributed by atoms with Gasteiger partial charge in [0.1, 0.15) is 5.82 Å². The molecule has 0 saturated carbocycles. The van der Waals surface area contributed by atoms with E-state index in [4.69, 9.17) is 0 Å². The van der Waals surface area contributed by atoms with Crippen molar-refractivity contribution in [3.05, 3.63) is 24.0 Å². The molecule has 3 N–H and O–H groups in total. The van der Waals surface area contributed by atoms with Crippen molar-refractivity contribution in [2.75, 3.05) is 43.0 Å². The molecule has 1 saturated heterocycles. The molecule has 7 nitrogen and oxygen atoms in total. The summed E-state index contributed by atoms with van der Waals surface area (Å²) in [6.45, 7) is 5.83. The predicted molar refractivity (Wildman–Crippen MR) is 98.8 cm³/mol. The summed E-state index contributed by atoms with van der Waals surface area (Å²) in [6, 6.07) is 3.43. The summed E-state index contributed by atoms with van der Waals surface area (Å²) in [5, 5.41) is 14.5. The molecule has 1 fully saturated rings. The summed E-state index contributed by atoms with van der Waals surface area (Å²) >= 11 is 0. The van der Waals surface area contributed by atoms with E-state index in [0.717, 1.165) is 6.42 Å². The molecular weight excluding hydrogens is 339 g/mol. The number of nitrogens with zero attached hydrogens (tertiary/aromatic N) is 2. The number of rotatable bonds is 5. The average molecular weight is 366 g/mol. The monoisotopic (exact) mass is 366 g/mol. The number of hydrogen-bond donors (Lipinski definition) is 3. The van der Waals surface area contributed by atoms with Crippen LogP contribution in [0.5, 0.6) is 0 Å². The Balaban J connectivity index is 2.14. The van der Waals surface area contributed by atoms with Crippen LogP contribution in [0, 0.1) is 5.82 Å². The molecule has 26 heavy (non-hydrogen) atoms. The van der Waals surface area contributed by atoms with Crippen molar-refractivity contribution < 1.29 is 19.1 Å². The zero-order valence-corrected chi connectivity index (χ0v) is 15.3. The van der Waals surface area contributed by atoms with Gasteiger partial charge in [0.2, 0.25) is 5.91 Å². The Kier molecular flexibility index (Phi) is 7.20. The van der Waals surface area contributed by atoms with Crippen LogP contribution in [0.15, 0.2) is 18.2 Å². The minimum absolute atomic E-state index is 0.0401. The summed E-state index contributed by atoms with van der Waals surface area (Å²) < 4.78 is 13.7. The summed E-state index contributed by atoms with van der Waals surface area (Å²) in [5.41, 5.74) is 1.08. The highest BCUT2D eigenvalue weighted by atomic mass is 19.1. The lowest BCUT2D eigenvalue weighted by molar-refractivity contribution is -0.128. The van der Waals surface area contributed by atoms with E-state index in [-0.39, 0.29) is 18.6 Å². The number of aliphatic hydroxyl groups excluding tert-OH is 1. The second kappa shape index (κ2) is 9.38. The van der Waals surface area contributed by atoms with Gasteiger partial charge >= 0.3 is 6.03 Å². The van der Waals surface area contributed by atoms with Gasteiger partial charge in [0.25, 0.3) is 0 Å². The Hall–Kier alpha value is -2.35. The lowest BCUT2D eigenvalue weighted by Crippen LogP contribution is -2.40. The van der Waals surface area contributed by atoms with Gasteiger partial charge in [-0.25, -0.2) is 9.18 Å². The van der Waals surface area contributed by atoms with Crippen molar-refractivity contribution in [2.45, 2.75) is 32.7 Å². The minimum Gasteiger partial charge on any atom is -0.394 e. The number of benzene rings is 1. The average Bonchev–Trinajstić information content (AvgIpc) is 2.86. The third kappa shape index (κ3) is 5.32. The molecule has 0 spiro atoms. The van der Waals surface area contributed by atoms with Gasteiger partial charge in [-0.05, 0) is 31.0 Å². The van der Waals surface area contributed by atoms with Crippen molar-refractivity contribution in [1.29, 1.82) is 0 Å². The normalized spacial score (nSPS) is 16.0. The van der Waals surface area contributed by atoms with E-state index < -0.39 is 11.8 Å². The van der Waals surface area contributed by atoms with Crippen molar-refractivity contribution in [2.24, 2.45) is 0 Å². The van der Waals surface area contributed by atoms with E-state index in [1.54, 1.807) is 17.9 Å². The van der Waals surface area contributed by atoms with Gasteiger partial charge in [-0.15, -0.1) is 0 Å². The van der Waals surface area contributed by atoms with E-state index in [1.165, 1.54) is 12.1 Å². The Morgan fingerprint density at radius 2 is 2.04 bits per heavy atom. The van der Waals surface area contributed by atoms with Gasteiger partial charge in [-0.3, -0.25) is 4.79 Å². The van der Waals surface area contributed by atoms with E-state index >= 15 is 0 Å². The number of halogens is 1. The number of carbonyl (C=O) groups excluding carboxylic acids is 2. The Morgan fingerprint density at radius 1 is 1.27 bits per heavy atom. The second-order valence-corrected chi connectivity index (χ2v) is 6.39. The van der Waals surface area contributed by atoms with Gasteiger partial charge < -0.3 is 25.5 Å². The fourth-order valence-electron chi connectivity index (χ4n) is 2.98. The number of hydrogen-bond acceptors (Lipinski definition) is 4. The van der Waals surface area contributed by atoms with Crippen LogP contribution in [0.2, 0.25) is 0 Å². The van der Waals surface area contributed by atoms with Crippen LogP contribution in [-0.2, 0) is 4.79 Å². The Morgan fingerprint density at radius 3 is 2.69 bits per heavy atom. The van der Waals surface area contributed by atoms with Crippen molar-refractivity contribution in [1.82, 2.24) is 10.2 Å². The molecule has 1 aliphatic heterocycles. The van der Waals surface area contributed by atoms with Crippen LogP contribution < -0.4 is 15.5 Å². The molecule has 1 heterocycles. The molecule has 1 aliphatic rings. The molecule has 1 atom stereocenters. The van der Waals surface area contributed by atoms with Crippen LogP contribution in [0.25, 0.3) is 0 Å². The molecule has 0 aliphatic carbocycles. The van der Waals surface area contributed by atoms with Gasteiger partial charge in [-0.1, -0.05) is 6.92 Å². The maximum Gasteiger partial charge on any atom is 0.319 e. The number of urea groups is 1. The van der Waals surface area contributed by atoms with Gasteiger partial charge in [0.05, 0.1) is 24.0 Å². The molecule has 3 amide bonds. The van der Waals surface area contributed by atoms with Gasteiger partial charge in [0.15, 0.2) is 0 Å². The molecule has 0 aromatic heterocycles. The van der Waals surface area contributed by atoms with Crippen LogP contribution in [0.3, 0.4) is 0 Å². The molecule has 2 rings (SSSR count). The number of carbonyl (C=O) groups is 2. The predicted octanol–water partition coefficient (Wildman–Crippen LogP) is 1.78.